The second kappa shape index (κ2) is 7.00. The van der Waals surface area contributed by atoms with Crippen molar-refractivity contribution >= 4 is 5.69 Å². The summed E-state index contributed by atoms with van der Waals surface area (Å²) in [4.78, 5) is 15.3. The zero-order valence-electron chi connectivity index (χ0n) is 13.3. The van der Waals surface area contributed by atoms with Crippen molar-refractivity contribution in [1.29, 1.82) is 0 Å². The Kier molecular flexibility index (Phi) is 4.61. The van der Waals surface area contributed by atoms with Gasteiger partial charge in [-0.1, -0.05) is 18.2 Å². The van der Waals surface area contributed by atoms with Gasteiger partial charge in [-0.05, 0) is 52.7 Å². The summed E-state index contributed by atoms with van der Waals surface area (Å²) in [5.74, 6) is -0.461. The fraction of sp³-hybridized carbons (Fsp3) is 0.105. The normalized spacial score (nSPS) is 10.6. The van der Waals surface area contributed by atoms with Gasteiger partial charge in [0.1, 0.15) is 11.4 Å². The summed E-state index contributed by atoms with van der Waals surface area (Å²) in [6, 6.07) is 15.0. The van der Waals surface area contributed by atoms with E-state index in [0.29, 0.717) is 12.8 Å². The van der Waals surface area contributed by atoms with Crippen LogP contribution in [0.15, 0.2) is 59.8 Å². The largest absolute Gasteiger partial charge is 0.506 e. The first-order valence-corrected chi connectivity index (χ1v) is 7.66. The highest BCUT2D eigenvalue weighted by atomic mass is 16.3. The van der Waals surface area contributed by atoms with Crippen molar-refractivity contribution in [2.24, 2.45) is 5.18 Å². The Bertz CT molecular complexity index is 925. The molecular weight excluding hydrogens is 320 g/mol. The maximum Gasteiger partial charge on any atom is 0.157 e. The molecule has 0 atom stereocenters. The van der Waals surface area contributed by atoms with E-state index in [4.69, 9.17) is 0 Å². The van der Waals surface area contributed by atoms with Gasteiger partial charge in [0.25, 0.3) is 0 Å². The molecule has 6 nitrogen and oxygen atoms in total. The average molecular weight is 336 g/mol. The van der Waals surface area contributed by atoms with Crippen molar-refractivity contribution in [3.63, 3.8) is 0 Å². The van der Waals surface area contributed by atoms with Gasteiger partial charge >= 0.3 is 0 Å². The summed E-state index contributed by atoms with van der Waals surface area (Å²) in [6.45, 7) is 0. The third-order valence-corrected chi connectivity index (χ3v) is 3.81. The van der Waals surface area contributed by atoms with E-state index in [9.17, 15) is 20.2 Å². The van der Waals surface area contributed by atoms with Crippen molar-refractivity contribution in [3.8, 4) is 17.2 Å². The summed E-state index contributed by atoms with van der Waals surface area (Å²) in [5, 5.41) is 31.2. The summed E-state index contributed by atoms with van der Waals surface area (Å²) in [5.41, 5.74) is 3.28. The van der Waals surface area contributed by atoms with Gasteiger partial charge in [-0.25, -0.2) is 0 Å². The van der Waals surface area contributed by atoms with Gasteiger partial charge in [0.2, 0.25) is 0 Å². The molecule has 0 spiro atoms. The Morgan fingerprint density at radius 1 is 0.760 bits per heavy atom. The Morgan fingerprint density at radius 2 is 1.36 bits per heavy atom. The first-order valence-electron chi connectivity index (χ1n) is 7.66. The number of hydrogen-bond acceptors (Lipinski definition) is 6. The summed E-state index contributed by atoms with van der Waals surface area (Å²) in [6.07, 6.45) is 1.01. The lowest BCUT2D eigenvalue weighted by atomic mass is 10.1. The van der Waals surface area contributed by atoms with Crippen LogP contribution in [-0.2, 0) is 12.8 Å². The van der Waals surface area contributed by atoms with E-state index in [0.717, 1.165) is 22.5 Å². The van der Waals surface area contributed by atoms with Crippen molar-refractivity contribution in [2.45, 2.75) is 12.8 Å². The molecule has 0 amide bonds. The molecule has 0 bridgehead atoms. The molecule has 0 saturated heterocycles. The predicted molar refractivity (Wildman–Crippen MR) is 93.2 cm³/mol. The number of benzene rings is 2. The van der Waals surface area contributed by atoms with E-state index in [1.165, 1.54) is 24.3 Å². The zero-order chi connectivity index (χ0) is 17.8. The van der Waals surface area contributed by atoms with Crippen LogP contribution in [0.1, 0.15) is 22.5 Å². The molecule has 25 heavy (non-hydrogen) atoms. The minimum atomic E-state index is -0.161. The Balaban J connectivity index is 1.79. The molecule has 3 aromatic rings. The smallest absolute Gasteiger partial charge is 0.157 e. The van der Waals surface area contributed by atoms with Gasteiger partial charge in [0.05, 0.1) is 0 Å². The van der Waals surface area contributed by atoms with Crippen LogP contribution < -0.4 is 0 Å². The summed E-state index contributed by atoms with van der Waals surface area (Å²) in [7, 11) is 0. The molecule has 0 saturated carbocycles. The maximum absolute atomic E-state index is 10.7. The lowest BCUT2D eigenvalue weighted by Gasteiger charge is -2.07. The topological polar surface area (TPSA) is 103 Å². The van der Waals surface area contributed by atoms with E-state index in [2.05, 4.69) is 10.2 Å². The fourth-order valence-corrected chi connectivity index (χ4v) is 2.58. The minimum absolute atomic E-state index is 0.00761. The number of rotatable bonds is 5. The molecule has 6 heteroatoms. The van der Waals surface area contributed by atoms with Crippen LogP contribution in [-0.4, -0.2) is 20.3 Å². The molecule has 0 fully saturated rings. The molecule has 3 N–H and O–H groups in total. The number of nitrogens with zero attached hydrogens (tertiary/aromatic N) is 2. The van der Waals surface area contributed by atoms with Crippen LogP contribution >= 0.6 is 0 Å². The minimum Gasteiger partial charge on any atom is -0.506 e. The Morgan fingerprint density at radius 3 is 1.96 bits per heavy atom. The second-order valence-electron chi connectivity index (χ2n) is 5.71. The van der Waals surface area contributed by atoms with Crippen molar-refractivity contribution in [2.75, 3.05) is 0 Å². The molecule has 0 aliphatic rings. The SMILES string of the molecule is O=Nc1cc(Cc2cccc(Cc3ccc(O)c(O)c3)n2)ccc1O. The molecule has 3 rings (SSSR count). The van der Waals surface area contributed by atoms with Crippen molar-refractivity contribution < 1.29 is 15.3 Å². The fourth-order valence-electron chi connectivity index (χ4n) is 2.58. The lowest BCUT2D eigenvalue weighted by molar-refractivity contribution is 0.403. The summed E-state index contributed by atoms with van der Waals surface area (Å²) >= 11 is 0. The van der Waals surface area contributed by atoms with Gasteiger partial charge < -0.3 is 15.3 Å². The highest BCUT2D eigenvalue weighted by Gasteiger charge is 2.07. The van der Waals surface area contributed by atoms with Gasteiger partial charge in [-0.2, -0.15) is 0 Å². The third kappa shape index (κ3) is 3.92. The van der Waals surface area contributed by atoms with Crippen molar-refractivity contribution in [1.82, 2.24) is 4.98 Å². The Hall–Kier alpha value is -3.41. The number of hydrogen-bond donors (Lipinski definition) is 3. The maximum atomic E-state index is 10.7. The van der Waals surface area contributed by atoms with Gasteiger partial charge in [-0.15, -0.1) is 4.91 Å². The van der Waals surface area contributed by atoms with Crippen LogP contribution in [0.3, 0.4) is 0 Å². The number of aromatic hydroxyl groups is 3. The number of pyridine rings is 1. The van der Waals surface area contributed by atoms with Crippen LogP contribution in [0.25, 0.3) is 0 Å². The van der Waals surface area contributed by atoms with Gasteiger partial charge in [0.15, 0.2) is 11.5 Å². The molecule has 0 unspecified atom stereocenters. The molecular formula is C19H16N2O4. The highest BCUT2D eigenvalue weighted by molar-refractivity contribution is 5.53. The molecule has 0 radical (unpaired) electrons. The standard InChI is InChI=1S/C19H16N2O4/c22-17-6-4-12(10-16(17)21-25)8-14-2-1-3-15(20-14)9-13-5-7-18(23)19(24)11-13/h1-7,10-11,22-24H,8-9H2. The molecule has 1 aromatic heterocycles. The van der Waals surface area contributed by atoms with Gasteiger partial charge in [-0.3, -0.25) is 4.98 Å². The predicted octanol–water partition coefficient (Wildman–Crippen LogP) is 3.78. The van der Waals surface area contributed by atoms with Crippen LogP contribution in [0.4, 0.5) is 5.69 Å². The van der Waals surface area contributed by atoms with E-state index in [1.54, 1.807) is 12.1 Å². The first kappa shape index (κ1) is 16.4. The zero-order valence-corrected chi connectivity index (χ0v) is 13.3. The number of phenolic OH excluding ortho intramolecular Hbond substituents is 3. The summed E-state index contributed by atoms with van der Waals surface area (Å²) < 4.78 is 0. The molecule has 0 aliphatic heterocycles. The van der Waals surface area contributed by atoms with E-state index in [-0.39, 0.29) is 22.9 Å². The van der Waals surface area contributed by atoms with E-state index in [1.807, 2.05) is 18.2 Å². The first-order chi connectivity index (χ1) is 12.0. The highest BCUT2D eigenvalue weighted by Crippen LogP contribution is 2.28. The van der Waals surface area contributed by atoms with Crippen LogP contribution in [0.5, 0.6) is 17.2 Å². The van der Waals surface area contributed by atoms with E-state index >= 15 is 0 Å². The quantitative estimate of drug-likeness (QED) is 0.486. The lowest BCUT2D eigenvalue weighted by Crippen LogP contribution is -1.98. The number of nitroso groups, excluding NO2 is 1. The average Bonchev–Trinajstić information content (AvgIpc) is 2.60. The van der Waals surface area contributed by atoms with Crippen LogP contribution in [0.2, 0.25) is 0 Å². The number of phenols is 3. The molecule has 0 aliphatic carbocycles. The van der Waals surface area contributed by atoms with Gasteiger partial charge in [0, 0.05) is 24.2 Å². The second-order valence-corrected chi connectivity index (χ2v) is 5.71. The van der Waals surface area contributed by atoms with Crippen molar-refractivity contribution in [3.05, 3.63) is 82.0 Å². The molecule has 126 valence electrons. The number of aromatic nitrogens is 1. The van der Waals surface area contributed by atoms with Crippen LogP contribution in [0, 0.1) is 4.91 Å². The molecule has 1 heterocycles. The van der Waals surface area contributed by atoms with E-state index < -0.39 is 0 Å². The third-order valence-electron chi connectivity index (χ3n) is 3.81. The molecule has 2 aromatic carbocycles. The monoisotopic (exact) mass is 336 g/mol. The Labute approximate surface area is 144 Å².